The monoisotopic (exact) mass is 2060 g/mol. The molecule has 3 aromatic heterocycles. The maximum Gasteiger partial charge on any atom is 0.338 e. The predicted molar refractivity (Wildman–Crippen MR) is 524 cm³/mol. The molecule has 0 spiro atoms. The number of hydrogen-bond acceptors (Lipinski definition) is 31. The minimum absolute atomic E-state index is 0.0176. The molecule has 9 aromatic rings. The number of carboxylic acid groups (broad SMARTS) is 2. The number of halogens is 6. The fourth-order valence-electron chi connectivity index (χ4n) is 19.0. The molecule has 45 heteroatoms. The third kappa shape index (κ3) is 22.2. The Morgan fingerprint density at radius 3 is 0.923 bits per heavy atom. The summed E-state index contributed by atoms with van der Waals surface area (Å²) < 4.78 is 62.4. The van der Waals surface area contributed by atoms with Crippen molar-refractivity contribution >= 4 is 157 Å². The van der Waals surface area contributed by atoms with Gasteiger partial charge < -0.3 is 75.1 Å². The van der Waals surface area contributed by atoms with Gasteiger partial charge in [0.25, 0.3) is 0 Å². The molecule has 0 unspecified atom stereocenters. The molecule has 744 valence electrons. The highest BCUT2D eigenvalue weighted by Crippen LogP contribution is 2.44. The number of amidine groups is 3. The first-order chi connectivity index (χ1) is 68.6. The summed E-state index contributed by atoms with van der Waals surface area (Å²) >= 11 is 23.5. The molecule has 9 atom stereocenters. The Kier molecular flexibility index (Phi) is 32.6. The fourth-order valence-corrected chi connectivity index (χ4v) is 21.6. The highest BCUT2D eigenvalue weighted by molar-refractivity contribution is 7.12. The molecule has 18 rings (SSSR count). The zero-order valence-corrected chi connectivity index (χ0v) is 81.6. The first-order valence-electron chi connectivity index (χ1n) is 45.2. The molecule has 8 N–H and O–H groups in total. The predicted octanol–water partition coefficient (Wildman–Crippen LogP) is 10.5. The van der Waals surface area contributed by atoms with Gasteiger partial charge in [0.05, 0.1) is 101 Å². The maximum absolute atomic E-state index is 14.0. The molecule has 6 fully saturated rings. The average molecular weight is 2060 g/mol. The number of methoxy groups -OCH3 is 4. The number of carbonyl (C=O) groups is 9. The average Bonchev–Trinajstić information content (AvgIpc) is 1.60. The number of urea groups is 3. The lowest BCUT2D eigenvalue weighted by molar-refractivity contribution is -0.141. The number of nitrogens with one attached hydrogen (secondary N) is 3. The van der Waals surface area contributed by atoms with Crippen molar-refractivity contribution in [2.75, 3.05) is 141 Å². The number of anilines is 3. The molecule has 6 aromatic carbocycles. The van der Waals surface area contributed by atoms with Crippen molar-refractivity contribution in [1.82, 2.24) is 60.3 Å². The Morgan fingerprint density at radius 1 is 0.401 bits per heavy atom. The SMILES string of the molecule is COC(=O)C1=C(CN2CCN3C(=O)N(c4ccc(CCC(=O)O)cc4)C[C@@H]3[C@H]2CO)NC(c2nccs2)=N[C@H]1c1ccc(F)cc1Cl.COC(=O)C1=C(CN2CCN3C(=O)N(c4ccc(CCC(=O)O)cc4)C[C@H]3[C@@H]2CO)NC(c2nccs2)=N[C@H]1c1ccc(F)cc1Cl.COC(=O)CCc1ccc(N2C[C@@H]3[C@@H](CO)N(CC4=C(C(=O)OC)[C@H](c5ccc(F)cc5Cl)N=C(c5nccs5)N4)CCN3C2=O)cc1. The highest BCUT2D eigenvalue weighted by Gasteiger charge is 2.52. The molecule has 142 heavy (non-hydrogen) atoms. The lowest BCUT2D eigenvalue weighted by Crippen LogP contribution is -2.61. The molecule has 0 radical (unpaired) electrons. The Balaban J connectivity index is 0.000000153. The molecule has 0 aliphatic carbocycles. The highest BCUT2D eigenvalue weighted by atomic mass is 35.5. The molecule has 12 heterocycles. The van der Waals surface area contributed by atoms with Crippen LogP contribution in [-0.4, -0.2) is 304 Å². The van der Waals surface area contributed by atoms with E-state index in [4.69, 9.17) is 78.9 Å². The Morgan fingerprint density at radius 2 is 0.683 bits per heavy atom. The van der Waals surface area contributed by atoms with Gasteiger partial charge in [0.2, 0.25) is 0 Å². The van der Waals surface area contributed by atoms with Crippen LogP contribution in [-0.2, 0) is 67.0 Å². The van der Waals surface area contributed by atoms with Crippen LogP contribution in [0.4, 0.5) is 44.6 Å². The van der Waals surface area contributed by atoms with Gasteiger partial charge in [0.15, 0.2) is 32.5 Å². The lowest BCUT2D eigenvalue weighted by Gasteiger charge is -2.43. The van der Waals surface area contributed by atoms with E-state index in [9.17, 15) is 71.6 Å². The third-order valence-electron chi connectivity index (χ3n) is 26.1. The van der Waals surface area contributed by atoms with E-state index in [2.05, 4.69) is 30.9 Å². The van der Waals surface area contributed by atoms with Crippen LogP contribution < -0.4 is 30.7 Å². The van der Waals surface area contributed by atoms with Gasteiger partial charge in [0, 0.05) is 198 Å². The van der Waals surface area contributed by atoms with Crippen LogP contribution in [0.3, 0.4) is 0 Å². The van der Waals surface area contributed by atoms with Gasteiger partial charge in [-0.25, -0.2) is 56.9 Å². The number of fused-ring (bicyclic) bond motifs is 3. The van der Waals surface area contributed by atoms with Gasteiger partial charge in [-0.2, -0.15) is 0 Å². The van der Waals surface area contributed by atoms with E-state index in [1.807, 2.05) is 63.2 Å². The number of aryl methyl sites for hydroxylation is 3. The molecule has 36 nitrogen and oxygen atoms in total. The number of esters is 4. The molecule has 9 aliphatic rings. The van der Waals surface area contributed by atoms with Crippen LogP contribution in [0.5, 0.6) is 0 Å². The van der Waals surface area contributed by atoms with Gasteiger partial charge in [-0.05, 0) is 109 Å². The quantitative estimate of drug-likeness (QED) is 0.0153. The topological polar surface area (TPSA) is 433 Å². The summed E-state index contributed by atoms with van der Waals surface area (Å²) in [6, 6.07) is 28.0. The normalized spacial score (nSPS) is 21.3. The van der Waals surface area contributed by atoms with Crippen LogP contribution in [0, 0.1) is 17.5 Å². The largest absolute Gasteiger partial charge is 0.481 e. The first kappa shape index (κ1) is 102. The van der Waals surface area contributed by atoms with Crippen LogP contribution in [0.15, 0.2) is 211 Å². The molecular weight excluding hydrogens is 1960 g/mol. The zero-order chi connectivity index (χ0) is 100. The van der Waals surface area contributed by atoms with Gasteiger partial charge >= 0.3 is 53.9 Å². The molecule has 6 amide bonds. The summed E-state index contributed by atoms with van der Waals surface area (Å²) in [6.45, 7) is 3.17. The van der Waals surface area contributed by atoms with Crippen molar-refractivity contribution in [1.29, 1.82) is 0 Å². The number of benzene rings is 6. The maximum atomic E-state index is 14.0. The number of hydrogen-bond donors (Lipinski definition) is 8. The number of carbonyl (C=O) groups excluding carboxylic acids is 7. The molecule has 0 saturated carbocycles. The van der Waals surface area contributed by atoms with E-state index in [0.29, 0.717) is 162 Å². The second-order valence-electron chi connectivity index (χ2n) is 34.2. The molecule has 9 aliphatic heterocycles. The van der Waals surface area contributed by atoms with Crippen LogP contribution >= 0.6 is 68.8 Å². The van der Waals surface area contributed by atoms with E-state index < -0.39 is 83.5 Å². The summed E-state index contributed by atoms with van der Waals surface area (Å²) in [4.78, 5) is 158. The summed E-state index contributed by atoms with van der Waals surface area (Å²) in [6.07, 6.45) is 6.52. The standard InChI is InChI=1S/C33H34ClFN6O6S.2C32H32ClFN6O6S/c1-46-27(43)10-5-19-3-7-21(8-4-19)41-17-25-26(18-42)39(12-13-40(25)33(41)45)16-24-28(32(44)47-2)29(22-9-6-20(35)15-23(22)34)38-30(37-24)31-36-11-14-48-31;2*1-46-31(44)27-23(36-29(30-35-10-13-47-30)37-28(27)21-8-5-19(34)14-22(21)33)15-38-11-12-39-24(25(38)17-41)16-40(32(39)45)20-6-2-18(3-7-20)4-9-26(42)43/h3-4,6-9,11,14-15,25-26,29,42H,5,10,12-13,16-18H2,1-2H3,(H,37,38);2*2-3,5-8,10,13-14,24-25,28,41H,4,9,11-12,15-17H2,1H3,(H,36,37)(H,42,43)/t25-,26-,29+;24-,25-,28+;24-,25-,28-/m110/s1. The van der Waals surface area contributed by atoms with E-state index >= 15 is 0 Å². The molecule has 6 saturated heterocycles. The number of nitrogens with zero attached hydrogens (tertiary/aromatic N) is 15. The van der Waals surface area contributed by atoms with Gasteiger partial charge in [-0.15, -0.1) is 34.0 Å². The van der Waals surface area contributed by atoms with E-state index in [1.165, 1.54) is 117 Å². The second kappa shape index (κ2) is 45.4. The number of piperazine rings is 3. The van der Waals surface area contributed by atoms with E-state index in [-0.39, 0.29) is 133 Å². The van der Waals surface area contributed by atoms with E-state index in [1.54, 1.807) is 88.4 Å². The minimum atomic E-state index is -0.929. The number of aliphatic carboxylic acids is 2. The first-order valence-corrected chi connectivity index (χ1v) is 48.9. The zero-order valence-electron chi connectivity index (χ0n) is 76.9. The van der Waals surface area contributed by atoms with Crippen molar-refractivity contribution in [3.63, 3.8) is 0 Å². The number of aliphatic hydroxyl groups is 3. The Bertz CT molecular complexity index is 6180. The number of aliphatic imine (C=N–C) groups is 3. The number of aliphatic hydroxyl groups excluding tert-OH is 3. The van der Waals surface area contributed by atoms with Crippen LogP contribution in [0.2, 0.25) is 15.1 Å². The third-order valence-corrected chi connectivity index (χ3v) is 29.4. The van der Waals surface area contributed by atoms with Gasteiger partial charge in [0.1, 0.15) is 35.6 Å². The fraction of sp³-hybridized carbons (Fsp3) is 0.351. The van der Waals surface area contributed by atoms with Gasteiger partial charge in [-0.3, -0.25) is 58.8 Å². The van der Waals surface area contributed by atoms with Crippen molar-refractivity contribution in [3.8, 4) is 0 Å². The minimum Gasteiger partial charge on any atom is -0.481 e. The number of aromatic nitrogens is 3. The van der Waals surface area contributed by atoms with Crippen molar-refractivity contribution in [2.45, 2.75) is 92.9 Å². The summed E-state index contributed by atoms with van der Waals surface area (Å²) in [7, 11) is 5.16. The smallest absolute Gasteiger partial charge is 0.338 e. The molecular formula is C97H98Cl3F3N18O18S3. The number of thiazole rings is 3. The van der Waals surface area contributed by atoms with Crippen LogP contribution in [0.1, 0.15) is 85.8 Å². The number of amides is 6. The Labute approximate surface area is 839 Å². The van der Waals surface area contributed by atoms with Crippen molar-refractivity contribution < 1.29 is 101 Å². The molecule has 0 bridgehead atoms. The van der Waals surface area contributed by atoms with Gasteiger partial charge in [-0.1, -0.05) is 89.4 Å². The van der Waals surface area contributed by atoms with Crippen molar-refractivity contribution in [2.24, 2.45) is 15.0 Å². The summed E-state index contributed by atoms with van der Waals surface area (Å²) in [5, 5.41) is 67.3. The number of ether oxygens (including phenoxy) is 4. The van der Waals surface area contributed by atoms with E-state index in [0.717, 1.165) is 16.7 Å². The van der Waals surface area contributed by atoms with Crippen LogP contribution in [0.25, 0.3) is 0 Å². The second-order valence-corrected chi connectivity index (χ2v) is 38.1. The number of rotatable bonds is 30. The van der Waals surface area contributed by atoms with Crippen molar-refractivity contribution in [3.05, 3.63) is 277 Å². The number of carboxylic acids is 2. The Hall–Kier alpha value is -13.1. The summed E-state index contributed by atoms with van der Waals surface area (Å²) in [5.74, 6) is -4.33. The lowest BCUT2D eigenvalue weighted by atomic mass is 9.94. The summed E-state index contributed by atoms with van der Waals surface area (Å²) in [5.41, 5.74) is 7.96.